The van der Waals surface area contributed by atoms with Crippen LogP contribution in [-0.4, -0.2) is 9.67 Å². The minimum atomic E-state index is -0.657. The number of benzene rings is 1. The van der Waals surface area contributed by atoms with Crippen LogP contribution < -0.4 is 5.56 Å². The molecule has 88 valence electrons. The van der Waals surface area contributed by atoms with Gasteiger partial charge in [0.05, 0.1) is 12.6 Å². The minimum absolute atomic E-state index is 0.0834. The van der Waals surface area contributed by atoms with Crippen LogP contribution in [0.5, 0.6) is 0 Å². The number of aryl methyl sites for hydroxylation is 1. The van der Waals surface area contributed by atoms with Crippen molar-refractivity contribution < 1.29 is 5.11 Å². The molecule has 0 spiro atoms. The van der Waals surface area contributed by atoms with E-state index in [4.69, 9.17) is 0 Å². The summed E-state index contributed by atoms with van der Waals surface area (Å²) in [7, 11) is 0. The molecule has 17 heavy (non-hydrogen) atoms. The van der Waals surface area contributed by atoms with Crippen molar-refractivity contribution in [1.82, 2.24) is 4.57 Å². The maximum atomic E-state index is 11.7. The summed E-state index contributed by atoms with van der Waals surface area (Å²) in [4.78, 5) is 11.7. The molecule has 0 saturated heterocycles. The van der Waals surface area contributed by atoms with Crippen LogP contribution in [0.3, 0.4) is 0 Å². The summed E-state index contributed by atoms with van der Waals surface area (Å²) >= 11 is 0. The van der Waals surface area contributed by atoms with Crippen LogP contribution in [-0.2, 0) is 6.54 Å². The second kappa shape index (κ2) is 4.97. The smallest absolute Gasteiger partial charge is 0.250 e. The number of aromatic nitrogens is 1. The lowest BCUT2D eigenvalue weighted by molar-refractivity contribution is 0.154. The molecule has 2 rings (SSSR count). The summed E-state index contributed by atoms with van der Waals surface area (Å²) < 4.78 is 1.58. The minimum Gasteiger partial charge on any atom is -0.387 e. The van der Waals surface area contributed by atoms with Crippen molar-refractivity contribution in [3.63, 3.8) is 0 Å². The molecule has 1 aromatic heterocycles. The standard InChI is InChI=1S/C14H15NO2/c1-11-6-5-9-14(17)15(11)10-13(16)12-7-3-2-4-8-12/h2-9,13,16H,10H2,1H3. The average Bonchev–Trinajstić information content (AvgIpc) is 2.35. The van der Waals surface area contributed by atoms with Gasteiger partial charge in [0.2, 0.25) is 0 Å². The Morgan fingerprint density at radius 1 is 1.12 bits per heavy atom. The quantitative estimate of drug-likeness (QED) is 0.873. The molecule has 0 aliphatic heterocycles. The molecule has 1 atom stereocenters. The lowest BCUT2D eigenvalue weighted by Crippen LogP contribution is -2.24. The monoisotopic (exact) mass is 229 g/mol. The molecule has 1 aromatic carbocycles. The second-order valence-corrected chi connectivity index (χ2v) is 4.04. The Morgan fingerprint density at radius 2 is 1.82 bits per heavy atom. The predicted octanol–water partition coefficient (Wildman–Crippen LogP) is 1.89. The first-order valence-corrected chi connectivity index (χ1v) is 5.58. The molecule has 0 amide bonds. The van der Waals surface area contributed by atoms with E-state index in [1.54, 1.807) is 10.6 Å². The van der Waals surface area contributed by atoms with Gasteiger partial charge in [-0.25, -0.2) is 0 Å². The van der Waals surface area contributed by atoms with Crippen LogP contribution in [0.4, 0.5) is 0 Å². The molecule has 1 unspecified atom stereocenters. The highest BCUT2D eigenvalue weighted by Gasteiger charge is 2.09. The first kappa shape index (κ1) is 11.6. The third kappa shape index (κ3) is 2.63. The molecule has 0 aliphatic carbocycles. The summed E-state index contributed by atoms with van der Waals surface area (Å²) in [5.41, 5.74) is 1.59. The highest BCUT2D eigenvalue weighted by Crippen LogP contribution is 2.14. The molecule has 0 bridgehead atoms. The normalized spacial score (nSPS) is 12.4. The fourth-order valence-electron chi connectivity index (χ4n) is 1.81. The predicted molar refractivity (Wildman–Crippen MR) is 66.8 cm³/mol. The topological polar surface area (TPSA) is 42.2 Å². The molecule has 0 fully saturated rings. The molecule has 0 aliphatic rings. The molecule has 0 radical (unpaired) electrons. The van der Waals surface area contributed by atoms with E-state index in [0.29, 0.717) is 0 Å². The van der Waals surface area contributed by atoms with Gasteiger partial charge in [-0.05, 0) is 18.6 Å². The van der Waals surface area contributed by atoms with E-state index in [9.17, 15) is 9.90 Å². The number of hydrogen-bond donors (Lipinski definition) is 1. The van der Waals surface area contributed by atoms with Gasteiger partial charge in [-0.2, -0.15) is 0 Å². The van der Waals surface area contributed by atoms with Crippen molar-refractivity contribution in [2.75, 3.05) is 0 Å². The zero-order valence-electron chi connectivity index (χ0n) is 9.71. The van der Waals surface area contributed by atoms with Crippen molar-refractivity contribution in [2.45, 2.75) is 19.6 Å². The van der Waals surface area contributed by atoms with E-state index in [0.717, 1.165) is 11.3 Å². The molecule has 0 saturated carbocycles. The molecule has 3 nitrogen and oxygen atoms in total. The van der Waals surface area contributed by atoms with Gasteiger partial charge < -0.3 is 9.67 Å². The Kier molecular flexibility index (Phi) is 3.40. The van der Waals surface area contributed by atoms with E-state index in [1.807, 2.05) is 43.3 Å². The number of hydrogen-bond acceptors (Lipinski definition) is 2. The Labute approximate surface area is 100.0 Å². The summed E-state index contributed by atoms with van der Waals surface area (Å²) in [5.74, 6) is 0. The van der Waals surface area contributed by atoms with Gasteiger partial charge in [0.1, 0.15) is 0 Å². The first-order valence-electron chi connectivity index (χ1n) is 5.58. The van der Waals surface area contributed by atoms with Crippen LogP contribution in [0.1, 0.15) is 17.4 Å². The van der Waals surface area contributed by atoms with Gasteiger partial charge in [0, 0.05) is 11.8 Å². The van der Waals surface area contributed by atoms with Crippen molar-refractivity contribution in [1.29, 1.82) is 0 Å². The molecule has 2 aromatic rings. The van der Waals surface area contributed by atoms with Crippen LogP contribution in [0, 0.1) is 6.92 Å². The zero-order valence-corrected chi connectivity index (χ0v) is 9.71. The lowest BCUT2D eigenvalue weighted by Gasteiger charge is -2.14. The number of rotatable bonds is 3. The number of nitrogens with zero attached hydrogens (tertiary/aromatic N) is 1. The van der Waals surface area contributed by atoms with Crippen LogP contribution in [0.2, 0.25) is 0 Å². The maximum absolute atomic E-state index is 11.7. The van der Waals surface area contributed by atoms with Crippen LogP contribution in [0.15, 0.2) is 53.3 Å². The number of pyridine rings is 1. The molecular formula is C14H15NO2. The van der Waals surface area contributed by atoms with E-state index < -0.39 is 6.10 Å². The molecule has 1 N–H and O–H groups in total. The lowest BCUT2D eigenvalue weighted by atomic mass is 10.1. The van der Waals surface area contributed by atoms with Crippen molar-refractivity contribution in [3.05, 3.63) is 70.1 Å². The third-order valence-corrected chi connectivity index (χ3v) is 2.81. The first-order chi connectivity index (χ1) is 8.18. The van der Waals surface area contributed by atoms with Gasteiger partial charge in [-0.1, -0.05) is 36.4 Å². The summed E-state index contributed by atoms with van der Waals surface area (Å²) in [6.07, 6.45) is -0.657. The molecule has 1 heterocycles. The van der Waals surface area contributed by atoms with Crippen LogP contribution >= 0.6 is 0 Å². The molecule has 3 heteroatoms. The Balaban J connectivity index is 2.25. The van der Waals surface area contributed by atoms with Gasteiger partial charge in [-0.3, -0.25) is 4.79 Å². The maximum Gasteiger partial charge on any atom is 0.250 e. The largest absolute Gasteiger partial charge is 0.387 e. The summed E-state index contributed by atoms with van der Waals surface area (Å²) in [6.45, 7) is 2.15. The second-order valence-electron chi connectivity index (χ2n) is 4.04. The number of aliphatic hydroxyl groups excluding tert-OH is 1. The van der Waals surface area contributed by atoms with Crippen LogP contribution in [0.25, 0.3) is 0 Å². The van der Waals surface area contributed by atoms with E-state index in [-0.39, 0.29) is 12.1 Å². The summed E-state index contributed by atoms with van der Waals surface area (Å²) in [6, 6.07) is 14.4. The highest BCUT2D eigenvalue weighted by molar-refractivity contribution is 5.17. The van der Waals surface area contributed by atoms with Gasteiger partial charge in [0.15, 0.2) is 0 Å². The average molecular weight is 229 g/mol. The van der Waals surface area contributed by atoms with Crippen molar-refractivity contribution in [2.24, 2.45) is 0 Å². The van der Waals surface area contributed by atoms with Gasteiger partial charge >= 0.3 is 0 Å². The molecular weight excluding hydrogens is 214 g/mol. The Hall–Kier alpha value is -1.87. The Morgan fingerprint density at radius 3 is 2.47 bits per heavy atom. The fourth-order valence-corrected chi connectivity index (χ4v) is 1.81. The SMILES string of the molecule is Cc1cccc(=O)n1CC(O)c1ccccc1. The van der Waals surface area contributed by atoms with Gasteiger partial charge in [0.25, 0.3) is 5.56 Å². The third-order valence-electron chi connectivity index (χ3n) is 2.81. The summed E-state index contributed by atoms with van der Waals surface area (Å²) in [5, 5.41) is 10.1. The van der Waals surface area contributed by atoms with E-state index in [1.165, 1.54) is 6.07 Å². The fraction of sp³-hybridized carbons (Fsp3) is 0.214. The van der Waals surface area contributed by atoms with Gasteiger partial charge in [-0.15, -0.1) is 0 Å². The van der Waals surface area contributed by atoms with Crippen molar-refractivity contribution >= 4 is 0 Å². The van der Waals surface area contributed by atoms with E-state index in [2.05, 4.69) is 0 Å². The highest BCUT2D eigenvalue weighted by atomic mass is 16.3. The van der Waals surface area contributed by atoms with Crippen molar-refractivity contribution in [3.8, 4) is 0 Å². The number of aliphatic hydroxyl groups is 1. The van der Waals surface area contributed by atoms with E-state index >= 15 is 0 Å². The zero-order chi connectivity index (χ0) is 12.3. The Bertz CT molecular complexity index is 546.